The van der Waals surface area contributed by atoms with Crippen LogP contribution in [-0.4, -0.2) is 9.38 Å². The Hall–Kier alpha value is -1.57. The second-order valence-corrected chi connectivity index (χ2v) is 2.93. The zero-order valence-electron chi connectivity index (χ0n) is 7.64. The molecule has 0 aliphatic heterocycles. The lowest BCUT2D eigenvalue weighted by molar-refractivity contribution is 1.18. The molecule has 2 heteroatoms. The largest absolute Gasteiger partial charge is 0.307 e. The van der Waals surface area contributed by atoms with Crippen LogP contribution >= 0.6 is 0 Å². The van der Waals surface area contributed by atoms with Crippen molar-refractivity contribution in [1.82, 2.24) is 9.38 Å². The Morgan fingerprint density at radius 2 is 2.38 bits per heavy atom. The summed E-state index contributed by atoms with van der Waals surface area (Å²) in [6.07, 6.45) is 11.1. The van der Waals surface area contributed by atoms with Crippen LogP contribution < -0.4 is 0 Å². The topological polar surface area (TPSA) is 17.3 Å². The number of rotatable bonds is 2. The highest BCUT2D eigenvalue weighted by Crippen LogP contribution is 2.10. The van der Waals surface area contributed by atoms with E-state index >= 15 is 0 Å². The third-order valence-corrected chi connectivity index (χ3v) is 1.98. The van der Waals surface area contributed by atoms with Gasteiger partial charge in [-0.1, -0.05) is 19.1 Å². The molecule has 2 aromatic rings. The molecule has 0 saturated heterocycles. The van der Waals surface area contributed by atoms with E-state index in [9.17, 15) is 0 Å². The van der Waals surface area contributed by atoms with Crippen LogP contribution in [0.15, 0.2) is 36.8 Å². The fourth-order valence-electron chi connectivity index (χ4n) is 1.35. The molecule has 2 rings (SSSR count). The van der Waals surface area contributed by atoms with Gasteiger partial charge in [-0.25, -0.2) is 4.98 Å². The van der Waals surface area contributed by atoms with Crippen molar-refractivity contribution in [2.24, 2.45) is 0 Å². The van der Waals surface area contributed by atoms with E-state index < -0.39 is 0 Å². The van der Waals surface area contributed by atoms with Gasteiger partial charge in [0.1, 0.15) is 5.65 Å². The van der Waals surface area contributed by atoms with E-state index in [2.05, 4.69) is 30.1 Å². The maximum Gasteiger partial charge on any atom is 0.143 e. The van der Waals surface area contributed by atoms with Gasteiger partial charge in [0, 0.05) is 24.2 Å². The Labute approximate surface area is 77.5 Å². The number of nitrogens with zero attached hydrogens (tertiary/aromatic N) is 2. The summed E-state index contributed by atoms with van der Waals surface area (Å²) in [5, 5.41) is 0. The van der Waals surface area contributed by atoms with Gasteiger partial charge in [0.2, 0.25) is 0 Å². The molecule has 2 nitrogen and oxygen atoms in total. The number of fused-ring (bicyclic) bond motifs is 1. The van der Waals surface area contributed by atoms with Gasteiger partial charge in [-0.3, -0.25) is 0 Å². The fourth-order valence-corrected chi connectivity index (χ4v) is 1.35. The van der Waals surface area contributed by atoms with Crippen molar-refractivity contribution in [2.45, 2.75) is 13.3 Å². The van der Waals surface area contributed by atoms with E-state index in [1.807, 2.05) is 29.1 Å². The van der Waals surface area contributed by atoms with Crippen molar-refractivity contribution >= 4 is 11.7 Å². The molecule has 13 heavy (non-hydrogen) atoms. The van der Waals surface area contributed by atoms with Crippen LogP contribution in [0.3, 0.4) is 0 Å². The molecule has 0 atom stereocenters. The monoisotopic (exact) mass is 172 g/mol. The Morgan fingerprint density at radius 1 is 1.46 bits per heavy atom. The lowest BCUT2D eigenvalue weighted by Gasteiger charge is -1.96. The first-order valence-corrected chi connectivity index (χ1v) is 4.50. The van der Waals surface area contributed by atoms with Crippen LogP contribution in [0.25, 0.3) is 11.7 Å². The Kier molecular flexibility index (Phi) is 2.13. The van der Waals surface area contributed by atoms with Crippen molar-refractivity contribution in [2.75, 3.05) is 0 Å². The molecule has 0 aliphatic carbocycles. The van der Waals surface area contributed by atoms with Crippen molar-refractivity contribution in [3.05, 3.63) is 42.4 Å². The third-order valence-electron chi connectivity index (χ3n) is 1.98. The van der Waals surface area contributed by atoms with Crippen LogP contribution in [-0.2, 0) is 0 Å². The summed E-state index contributed by atoms with van der Waals surface area (Å²) < 4.78 is 2.02. The Morgan fingerprint density at radius 3 is 3.23 bits per heavy atom. The number of allylic oxidation sites excluding steroid dienone is 1. The number of hydrogen-bond acceptors (Lipinski definition) is 1. The SMILES string of the molecule is CCC=Cc1cccn2ccnc12. The zero-order valence-corrected chi connectivity index (χ0v) is 7.64. The number of hydrogen-bond donors (Lipinski definition) is 0. The van der Waals surface area contributed by atoms with Gasteiger partial charge in [0.05, 0.1) is 0 Å². The molecule has 66 valence electrons. The second kappa shape index (κ2) is 3.44. The van der Waals surface area contributed by atoms with E-state index in [1.54, 1.807) is 0 Å². The predicted molar refractivity (Wildman–Crippen MR) is 54.5 cm³/mol. The van der Waals surface area contributed by atoms with Crippen LogP contribution in [0.1, 0.15) is 18.9 Å². The second-order valence-electron chi connectivity index (χ2n) is 2.93. The molecule has 0 bridgehead atoms. The van der Waals surface area contributed by atoms with E-state index in [0.29, 0.717) is 0 Å². The molecular formula is C11H12N2. The Bertz CT molecular complexity index is 426. The van der Waals surface area contributed by atoms with Gasteiger partial charge in [0.15, 0.2) is 0 Å². The summed E-state index contributed by atoms with van der Waals surface area (Å²) in [4.78, 5) is 4.28. The number of aromatic nitrogens is 2. The first-order chi connectivity index (χ1) is 6.42. The molecule has 0 aliphatic rings. The average molecular weight is 172 g/mol. The van der Waals surface area contributed by atoms with E-state index in [4.69, 9.17) is 0 Å². The minimum atomic E-state index is 1.02. The molecule has 2 aromatic heterocycles. The summed E-state index contributed by atoms with van der Waals surface area (Å²) in [5.74, 6) is 0. The van der Waals surface area contributed by atoms with E-state index in [-0.39, 0.29) is 0 Å². The minimum Gasteiger partial charge on any atom is -0.307 e. The first kappa shape index (κ1) is 8.05. The van der Waals surface area contributed by atoms with Gasteiger partial charge in [-0.15, -0.1) is 0 Å². The molecule has 0 spiro atoms. The van der Waals surface area contributed by atoms with Crippen molar-refractivity contribution < 1.29 is 0 Å². The third kappa shape index (κ3) is 1.47. The van der Waals surface area contributed by atoms with Gasteiger partial charge in [-0.2, -0.15) is 0 Å². The molecule has 0 aromatic carbocycles. The summed E-state index contributed by atoms with van der Waals surface area (Å²) in [5.41, 5.74) is 2.20. The fraction of sp³-hybridized carbons (Fsp3) is 0.182. The van der Waals surface area contributed by atoms with E-state index in [0.717, 1.165) is 12.1 Å². The lowest BCUT2D eigenvalue weighted by Crippen LogP contribution is -1.84. The molecular weight excluding hydrogens is 160 g/mol. The summed E-state index contributed by atoms with van der Waals surface area (Å²) in [6.45, 7) is 2.13. The summed E-state index contributed by atoms with van der Waals surface area (Å²) in [7, 11) is 0. The van der Waals surface area contributed by atoms with Gasteiger partial charge in [-0.05, 0) is 18.6 Å². The minimum absolute atomic E-state index is 1.02. The number of pyridine rings is 1. The maximum absolute atomic E-state index is 4.28. The zero-order chi connectivity index (χ0) is 9.10. The molecule has 2 heterocycles. The predicted octanol–water partition coefficient (Wildman–Crippen LogP) is 2.76. The average Bonchev–Trinajstić information content (AvgIpc) is 2.62. The first-order valence-electron chi connectivity index (χ1n) is 4.50. The van der Waals surface area contributed by atoms with Crippen molar-refractivity contribution in [3.63, 3.8) is 0 Å². The quantitative estimate of drug-likeness (QED) is 0.680. The normalized spacial score (nSPS) is 11.5. The lowest BCUT2D eigenvalue weighted by atomic mass is 10.2. The Balaban J connectivity index is 2.54. The molecule has 0 unspecified atom stereocenters. The molecule has 0 fully saturated rings. The molecule has 0 N–H and O–H groups in total. The summed E-state index contributed by atoms with van der Waals surface area (Å²) in [6, 6.07) is 4.11. The molecule has 0 radical (unpaired) electrons. The van der Waals surface area contributed by atoms with Gasteiger partial charge in [0.25, 0.3) is 0 Å². The molecule has 0 saturated carbocycles. The van der Waals surface area contributed by atoms with Crippen LogP contribution in [0.4, 0.5) is 0 Å². The van der Waals surface area contributed by atoms with Crippen LogP contribution in [0, 0.1) is 0 Å². The smallest absolute Gasteiger partial charge is 0.143 e. The highest BCUT2D eigenvalue weighted by molar-refractivity contribution is 5.65. The van der Waals surface area contributed by atoms with Crippen LogP contribution in [0.5, 0.6) is 0 Å². The highest BCUT2D eigenvalue weighted by atomic mass is 15.0. The van der Waals surface area contributed by atoms with Crippen molar-refractivity contribution in [3.8, 4) is 0 Å². The van der Waals surface area contributed by atoms with Gasteiger partial charge >= 0.3 is 0 Å². The van der Waals surface area contributed by atoms with E-state index in [1.165, 1.54) is 5.56 Å². The van der Waals surface area contributed by atoms with Crippen molar-refractivity contribution in [1.29, 1.82) is 0 Å². The number of imidazole rings is 1. The molecule has 0 amide bonds. The maximum atomic E-state index is 4.28. The summed E-state index contributed by atoms with van der Waals surface area (Å²) >= 11 is 0. The highest BCUT2D eigenvalue weighted by Gasteiger charge is 1.96. The standard InChI is InChI=1S/C11H12N2/c1-2-3-5-10-6-4-8-13-9-7-12-11(10)13/h3-9H,2H2,1H3. The van der Waals surface area contributed by atoms with Gasteiger partial charge < -0.3 is 4.40 Å². The van der Waals surface area contributed by atoms with Crippen LogP contribution in [0.2, 0.25) is 0 Å².